The lowest BCUT2D eigenvalue weighted by Gasteiger charge is -2.11. The van der Waals surface area contributed by atoms with E-state index in [2.05, 4.69) is 18.8 Å². The second-order valence-electron chi connectivity index (χ2n) is 3.97. The van der Waals surface area contributed by atoms with E-state index in [0.717, 1.165) is 12.8 Å². The molecule has 1 aromatic rings. The van der Waals surface area contributed by atoms with Crippen molar-refractivity contribution in [3.05, 3.63) is 18.3 Å². The number of nitrogens with zero attached hydrogens (tertiary/aromatic N) is 1. The number of pyridine rings is 1. The summed E-state index contributed by atoms with van der Waals surface area (Å²) in [5, 5.41) is 0. The number of halogens is 1. The molecule has 6 heteroatoms. The van der Waals surface area contributed by atoms with Crippen molar-refractivity contribution in [1.29, 1.82) is 0 Å². The maximum absolute atomic E-state index is 11.0. The van der Waals surface area contributed by atoms with Crippen LogP contribution in [-0.2, 0) is 9.05 Å². The summed E-state index contributed by atoms with van der Waals surface area (Å²) in [6, 6.07) is 2.89. The molecule has 0 saturated carbocycles. The Balaban J connectivity index is 2.57. The van der Waals surface area contributed by atoms with Gasteiger partial charge in [0.15, 0.2) is 0 Å². The van der Waals surface area contributed by atoms with Crippen LogP contribution in [0.3, 0.4) is 0 Å². The summed E-state index contributed by atoms with van der Waals surface area (Å²) in [5.74, 6) is 0.871. The van der Waals surface area contributed by atoms with E-state index in [1.807, 2.05) is 0 Å². The number of rotatable bonds is 6. The quantitative estimate of drug-likeness (QED) is 0.750. The smallest absolute Gasteiger partial charge is 0.262 e. The van der Waals surface area contributed by atoms with E-state index in [0.29, 0.717) is 18.4 Å². The molecular formula is C11H16ClNO3S. The van der Waals surface area contributed by atoms with E-state index in [9.17, 15) is 8.42 Å². The third kappa shape index (κ3) is 4.91. The van der Waals surface area contributed by atoms with Gasteiger partial charge in [-0.1, -0.05) is 20.3 Å². The van der Waals surface area contributed by atoms with Gasteiger partial charge in [0.1, 0.15) is 4.90 Å². The molecule has 0 radical (unpaired) electrons. The summed E-state index contributed by atoms with van der Waals surface area (Å²) < 4.78 is 27.4. The number of ether oxygens (including phenoxy) is 1. The number of hydrogen-bond acceptors (Lipinski definition) is 4. The van der Waals surface area contributed by atoms with Crippen LogP contribution in [0.25, 0.3) is 0 Å². The van der Waals surface area contributed by atoms with Gasteiger partial charge in [0.05, 0.1) is 12.8 Å². The molecule has 0 aliphatic carbocycles. The van der Waals surface area contributed by atoms with Crippen molar-refractivity contribution >= 4 is 19.7 Å². The van der Waals surface area contributed by atoms with E-state index in [-0.39, 0.29) is 4.90 Å². The highest BCUT2D eigenvalue weighted by Crippen LogP contribution is 2.17. The van der Waals surface area contributed by atoms with Crippen LogP contribution in [0.4, 0.5) is 0 Å². The minimum absolute atomic E-state index is 0.0203. The van der Waals surface area contributed by atoms with Crippen molar-refractivity contribution in [3.63, 3.8) is 0 Å². The minimum atomic E-state index is -3.71. The lowest BCUT2D eigenvalue weighted by molar-refractivity contribution is 0.243. The summed E-state index contributed by atoms with van der Waals surface area (Å²) in [4.78, 5) is 3.87. The van der Waals surface area contributed by atoms with Gasteiger partial charge in [-0.05, 0) is 18.4 Å². The molecule has 1 unspecified atom stereocenters. The second kappa shape index (κ2) is 6.21. The monoisotopic (exact) mass is 277 g/mol. The van der Waals surface area contributed by atoms with E-state index >= 15 is 0 Å². The van der Waals surface area contributed by atoms with Gasteiger partial charge in [0, 0.05) is 16.7 Å². The van der Waals surface area contributed by atoms with E-state index in [1.54, 1.807) is 0 Å². The van der Waals surface area contributed by atoms with E-state index in [1.165, 1.54) is 18.3 Å². The van der Waals surface area contributed by atoms with Crippen molar-refractivity contribution in [3.8, 4) is 5.88 Å². The third-order valence-corrected chi connectivity index (χ3v) is 3.63. The molecular weight excluding hydrogens is 262 g/mol. The van der Waals surface area contributed by atoms with Gasteiger partial charge in [-0.25, -0.2) is 13.4 Å². The molecule has 0 spiro atoms. The summed E-state index contributed by atoms with van der Waals surface area (Å²) in [5.41, 5.74) is 0. The topological polar surface area (TPSA) is 56.3 Å². The van der Waals surface area contributed by atoms with Crippen LogP contribution in [-0.4, -0.2) is 20.0 Å². The van der Waals surface area contributed by atoms with Crippen LogP contribution in [0.1, 0.15) is 26.7 Å². The summed E-state index contributed by atoms with van der Waals surface area (Å²) in [6.45, 7) is 4.80. The van der Waals surface area contributed by atoms with Crippen LogP contribution in [0.2, 0.25) is 0 Å². The Morgan fingerprint density at radius 3 is 2.65 bits per heavy atom. The molecule has 17 heavy (non-hydrogen) atoms. The van der Waals surface area contributed by atoms with Crippen LogP contribution in [0.15, 0.2) is 23.2 Å². The maximum Gasteiger partial charge on any atom is 0.262 e. The van der Waals surface area contributed by atoms with Gasteiger partial charge in [-0.15, -0.1) is 0 Å². The summed E-state index contributed by atoms with van der Waals surface area (Å²) >= 11 is 0. The summed E-state index contributed by atoms with van der Waals surface area (Å²) in [7, 11) is 1.47. The van der Waals surface area contributed by atoms with Gasteiger partial charge < -0.3 is 4.74 Å². The Kier molecular flexibility index (Phi) is 5.21. The third-order valence-electron chi connectivity index (χ3n) is 2.29. The molecule has 0 aromatic carbocycles. The molecule has 1 atom stereocenters. The van der Waals surface area contributed by atoms with Crippen LogP contribution < -0.4 is 4.74 Å². The first-order chi connectivity index (χ1) is 7.93. The molecule has 4 nitrogen and oxygen atoms in total. The normalized spacial score (nSPS) is 13.4. The predicted octanol–water partition coefficient (Wildman–Crippen LogP) is 2.82. The SMILES string of the molecule is CCCC(C)COc1ccc(S(=O)(=O)Cl)cn1. The lowest BCUT2D eigenvalue weighted by Crippen LogP contribution is -2.09. The van der Waals surface area contributed by atoms with E-state index < -0.39 is 9.05 Å². The minimum Gasteiger partial charge on any atom is -0.477 e. The second-order valence-corrected chi connectivity index (χ2v) is 6.54. The zero-order chi connectivity index (χ0) is 12.9. The van der Waals surface area contributed by atoms with Crippen molar-refractivity contribution < 1.29 is 13.2 Å². The van der Waals surface area contributed by atoms with Gasteiger partial charge in [0.2, 0.25) is 5.88 Å². The summed E-state index contributed by atoms with van der Waals surface area (Å²) in [6.07, 6.45) is 3.40. The largest absolute Gasteiger partial charge is 0.477 e. The average Bonchev–Trinajstić information content (AvgIpc) is 2.26. The fourth-order valence-electron chi connectivity index (χ4n) is 1.40. The Labute approximate surface area is 106 Å². The molecule has 0 N–H and O–H groups in total. The first-order valence-corrected chi connectivity index (χ1v) is 7.78. The Morgan fingerprint density at radius 1 is 1.47 bits per heavy atom. The number of aromatic nitrogens is 1. The Bertz CT molecular complexity index is 444. The van der Waals surface area contributed by atoms with E-state index in [4.69, 9.17) is 15.4 Å². The van der Waals surface area contributed by atoms with Crippen LogP contribution >= 0.6 is 10.7 Å². The van der Waals surface area contributed by atoms with Crippen molar-refractivity contribution in [2.45, 2.75) is 31.6 Å². The lowest BCUT2D eigenvalue weighted by atomic mass is 10.1. The first kappa shape index (κ1) is 14.3. The fraction of sp³-hybridized carbons (Fsp3) is 0.545. The predicted molar refractivity (Wildman–Crippen MR) is 66.8 cm³/mol. The van der Waals surface area contributed by atoms with Crippen molar-refractivity contribution in [2.75, 3.05) is 6.61 Å². The highest BCUT2D eigenvalue weighted by Gasteiger charge is 2.10. The maximum atomic E-state index is 11.0. The van der Waals surface area contributed by atoms with Crippen LogP contribution in [0.5, 0.6) is 5.88 Å². The zero-order valence-electron chi connectivity index (χ0n) is 9.89. The van der Waals surface area contributed by atoms with Crippen molar-refractivity contribution in [2.24, 2.45) is 5.92 Å². The van der Waals surface area contributed by atoms with Gasteiger partial charge >= 0.3 is 0 Å². The highest BCUT2D eigenvalue weighted by atomic mass is 35.7. The van der Waals surface area contributed by atoms with Gasteiger partial charge in [-0.3, -0.25) is 0 Å². The Morgan fingerprint density at radius 2 is 2.18 bits per heavy atom. The molecule has 96 valence electrons. The van der Waals surface area contributed by atoms with Crippen LogP contribution in [0, 0.1) is 5.92 Å². The molecule has 1 aromatic heterocycles. The zero-order valence-corrected chi connectivity index (χ0v) is 11.5. The van der Waals surface area contributed by atoms with Gasteiger partial charge in [0.25, 0.3) is 9.05 Å². The number of hydrogen-bond donors (Lipinski definition) is 0. The standard InChI is InChI=1S/C11H16ClNO3S/c1-3-4-9(2)8-16-11-6-5-10(7-13-11)17(12,14)15/h5-7,9H,3-4,8H2,1-2H3. The molecule has 0 bridgehead atoms. The first-order valence-electron chi connectivity index (χ1n) is 5.47. The highest BCUT2D eigenvalue weighted by molar-refractivity contribution is 8.13. The van der Waals surface area contributed by atoms with Gasteiger partial charge in [-0.2, -0.15) is 0 Å². The molecule has 1 rings (SSSR count). The fourth-order valence-corrected chi connectivity index (χ4v) is 2.08. The van der Waals surface area contributed by atoms with Crippen molar-refractivity contribution in [1.82, 2.24) is 4.98 Å². The Hall–Kier alpha value is -0.810. The molecule has 0 saturated heterocycles. The molecule has 0 fully saturated rings. The molecule has 0 aliphatic heterocycles. The molecule has 1 heterocycles. The molecule has 0 aliphatic rings. The average molecular weight is 278 g/mol. The molecule has 0 amide bonds.